The van der Waals surface area contributed by atoms with Gasteiger partial charge in [0.2, 0.25) is 0 Å². The van der Waals surface area contributed by atoms with Crippen molar-refractivity contribution >= 4 is 5.96 Å². The van der Waals surface area contributed by atoms with Crippen molar-refractivity contribution in [3.8, 4) is 0 Å². The molecule has 1 aliphatic rings. The molecule has 0 radical (unpaired) electrons. The monoisotopic (exact) mass is 283 g/mol. The van der Waals surface area contributed by atoms with E-state index in [9.17, 15) is 0 Å². The summed E-state index contributed by atoms with van der Waals surface area (Å²) in [6, 6.07) is 11.0. The van der Waals surface area contributed by atoms with E-state index in [1.165, 1.54) is 18.4 Å². The van der Waals surface area contributed by atoms with Gasteiger partial charge in [0.25, 0.3) is 0 Å². The van der Waals surface area contributed by atoms with Crippen LogP contribution in [0.1, 0.15) is 24.2 Å². The molecule has 1 aliphatic carbocycles. The number of aromatic nitrogens is 2. The van der Waals surface area contributed by atoms with Crippen molar-refractivity contribution in [1.29, 1.82) is 0 Å². The molecule has 0 amide bonds. The van der Waals surface area contributed by atoms with Crippen LogP contribution in [0.25, 0.3) is 0 Å². The summed E-state index contributed by atoms with van der Waals surface area (Å²) in [7, 11) is 0. The quantitative estimate of drug-likeness (QED) is 0.626. The largest absolute Gasteiger partial charge is 0.370 e. The summed E-state index contributed by atoms with van der Waals surface area (Å²) in [6.07, 6.45) is 7.20. The molecule has 1 saturated carbocycles. The first kappa shape index (κ1) is 13.7. The number of nitrogens with two attached hydrogens (primary N) is 1. The van der Waals surface area contributed by atoms with Crippen LogP contribution in [0.3, 0.4) is 0 Å². The van der Waals surface area contributed by atoms with Crippen LogP contribution in [-0.4, -0.2) is 21.6 Å². The number of hydrogen-bond acceptors (Lipinski definition) is 2. The number of guanidine groups is 1. The molecular formula is C16H21N5. The van der Waals surface area contributed by atoms with Gasteiger partial charge in [0, 0.05) is 25.0 Å². The van der Waals surface area contributed by atoms with Gasteiger partial charge < -0.3 is 15.6 Å². The molecular weight excluding hydrogens is 262 g/mol. The molecule has 1 aromatic carbocycles. The van der Waals surface area contributed by atoms with Crippen LogP contribution in [0.15, 0.2) is 47.7 Å². The highest BCUT2D eigenvalue weighted by Crippen LogP contribution is 2.18. The molecule has 0 atom stereocenters. The van der Waals surface area contributed by atoms with Gasteiger partial charge in [-0.25, -0.2) is 9.98 Å². The zero-order valence-corrected chi connectivity index (χ0v) is 12.1. The SMILES string of the molecule is NC(=NCc1nccn1CCc1ccccc1)NC1CC1. The number of aliphatic imine (C=N–C) groups is 1. The molecule has 2 aromatic rings. The Bertz CT molecular complexity index is 598. The Morgan fingerprint density at radius 3 is 2.90 bits per heavy atom. The maximum absolute atomic E-state index is 5.85. The van der Waals surface area contributed by atoms with Crippen molar-refractivity contribution in [3.05, 3.63) is 54.1 Å². The third-order valence-corrected chi connectivity index (χ3v) is 3.61. The highest BCUT2D eigenvalue weighted by Gasteiger charge is 2.21. The Hall–Kier alpha value is -2.30. The summed E-state index contributed by atoms with van der Waals surface area (Å²) in [6.45, 7) is 1.43. The van der Waals surface area contributed by atoms with Gasteiger partial charge in [-0.1, -0.05) is 30.3 Å². The molecule has 3 rings (SSSR count). The molecule has 21 heavy (non-hydrogen) atoms. The lowest BCUT2D eigenvalue weighted by Crippen LogP contribution is -2.33. The van der Waals surface area contributed by atoms with Crippen molar-refractivity contribution < 1.29 is 0 Å². The first-order chi connectivity index (χ1) is 10.3. The van der Waals surface area contributed by atoms with E-state index in [4.69, 9.17) is 5.73 Å². The van der Waals surface area contributed by atoms with E-state index in [-0.39, 0.29) is 0 Å². The summed E-state index contributed by atoms with van der Waals surface area (Å²) in [5.41, 5.74) is 7.18. The molecule has 3 N–H and O–H groups in total. The lowest BCUT2D eigenvalue weighted by molar-refractivity contribution is 0.651. The maximum Gasteiger partial charge on any atom is 0.189 e. The standard InChI is InChI=1S/C16H21N5/c17-16(20-14-6-7-14)19-12-15-18-9-11-21(15)10-8-13-4-2-1-3-5-13/h1-5,9,11,14H,6-8,10,12H2,(H3,17,19,20). The molecule has 0 bridgehead atoms. The number of nitrogens with one attached hydrogen (secondary N) is 1. The Morgan fingerprint density at radius 2 is 2.14 bits per heavy atom. The van der Waals surface area contributed by atoms with E-state index in [2.05, 4.69) is 44.1 Å². The van der Waals surface area contributed by atoms with Gasteiger partial charge in [-0.2, -0.15) is 0 Å². The van der Waals surface area contributed by atoms with Crippen LogP contribution < -0.4 is 11.1 Å². The highest BCUT2D eigenvalue weighted by atomic mass is 15.1. The molecule has 0 saturated heterocycles. The van der Waals surface area contributed by atoms with E-state index in [0.29, 0.717) is 18.5 Å². The lowest BCUT2D eigenvalue weighted by atomic mass is 10.1. The zero-order valence-electron chi connectivity index (χ0n) is 12.1. The van der Waals surface area contributed by atoms with Crippen LogP contribution in [0.4, 0.5) is 0 Å². The number of rotatable bonds is 6. The first-order valence-electron chi connectivity index (χ1n) is 7.41. The number of aryl methyl sites for hydroxylation is 2. The van der Waals surface area contributed by atoms with Crippen LogP contribution in [0.5, 0.6) is 0 Å². The van der Waals surface area contributed by atoms with Crippen molar-refractivity contribution in [2.24, 2.45) is 10.7 Å². The van der Waals surface area contributed by atoms with Gasteiger partial charge >= 0.3 is 0 Å². The van der Waals surface area contributed by atoms with E-state index in [0.717, 1.165) is 18.8 Å². The molecule has 0 aliphatic heterocycles. The number of nitrogens with zero attached hydrogens (tertiary/aromatic N) is 3. The van der Waals surface area contributed by atoms with Crippen molar-refractivity contribution in [2.45, 2.75) is 38.4 Å². The third kappa shape index (κ3) is 4.08. The fraction of sp³-hybridized carbons (Fsp3) is 0.375. The predicted octanol–water partition coefficient (Wildman–Crippen LogP) is 1.69. The number of imidazole rings is 1. The van der Waals surface area contributed by atoms with Crippen LogP contribution in [0.2, 0.25) is 0 Å². The maximum atomic E-state index is 5.85. The van der Waals surface area contributed by atoms with Gasteiger partial charge in [-0.3, -0.25) is 0 Å². The van der Waals surface area contributed by atoms with Crippen molar-refractivity contribution in [3.63, 3.8) is 0 Å². The predicted molar refractivity (Wildman–Crippen MR) is 83.9 cm³/mol. The van der Waals surface area contributed by atoms with Gasteiger partial charge in [0.05, 0.1) is 0 Å². The summed E-state index contributed by atoms with van der Waals surface area (Å²) in [5.74, 6) is 1.47. The third-order valence-electron chi connectivity index (χ3n) is 3.61. The second kappa shape index (κ2) is 6.43. The van der Waals surface area contributed by atoms with Gasteiger partial charge in [-0.05, 0) is 24.8 Å². The molecule has 1 aromatic heterocycles. The average molecular weight is 283 g/mol. The molecule has 1 heterocycles. The van der Waals surface area contributed by atoms with Gasteiger partial charge in [0.1, 0.15) is 12.4 Å². The second-order valence-corrected chi connectivity index (χ2v) is 5.39. The van der Waals surface area contributed by atoms with E-state index < -0.39 is 0 Å². The van der Waals surface area contributed by atoms with Gasteiger partial charge in [-0.15, -0.1) is 0 Å². The Balaban J connectivity index is 1.55. The Morgan fingerprint density at radius 1 is 1.33 bits per heavy atom. The second-order valence-electron chi connectivity index (χ2n) is 5.39. The summed E-state index contributed by atoms with van der Waals surface area (Å²) in [4.78, 5) is 8.73. The summed E-state index contributed by atoms with van der Waals surface area (Å²) in [5, 5.41) is 3.18. The zero-order chi connectivity index (χ0) is 14.5. The van der Waals surface area contributed by atoms with E-state index in [1.54, 1.807) is 0 Å². The molecule has 1 fully saturated rings. The smallest absolute Gasteiger partial charge is 0.189 e. The minimum atomic E-state index is 0.521. The Kier molecular flexibility index (Phi) is 4.19. The minimum absolute atomic E-state index is 0.521. The number of hydrogen-bond donors (Lipinski definition) is 2. The fourth-order valence-electron chi connectivity index (χ4n) is 2.23. The topological polar surface area (TPSA) is 68.2 Å². The van der Waals surface area contributed by atoms with E-state index >= 15 is 0 Å². The minimum Gasteiger partial charge on any atom is -0.370 e. The van der Waals surface area contributed by atoms with Crippen LogP contribution in [-0.2, 0) is 19.5 Å². The molecule has 0 unspecified atom stereocenters. The molecule has 0 spiro atoms. The van der Waals surface area contributed by atoms with Crippen molar-refractivity contribution in [1.82, 2.24) is 14.9 Å². The molecule has 5 nitrogen and oxygen atoms in total. The number of benzene rings is 1. The van der Waals surface area contributed by atoms with Crippen LogP contribution >= 0.6 is 0 Å². The lowest BCUT2D eigenvalue weighted by Gasteiger charge is -2.07. The molecule has 110 valence electrons. The van der Waals surface area contributed by atoms with Crippen molar-refractivity contribution in [2.75, 3.05) is 0 Å². The Labute approximate surface area is 124 Å². The summed E-state index contributed by atoms with van der Waals surface area (Å²) >= 11 is 0. The average Bonchev–Trinajstić information content (AvgIpc) is 3.20. The van der Waals surface area contributed by atoms with Gasteiger partial charge in [0.15, 0.2) is 5.96 Å². The first-order valence-corrected chi connectivity index (χ1v) is 7.41. The highest BCUT2D eigenvalue weighted by molar-refractivity contribution is 5.78. The van der Waals surface area contributed by atoms with E-state index in [1.807, 2.05) is 18.5 Å². The normalized spacial score (nSPS) is 15.1. The van der Waals surface area contributed by atoms with Crippen LogP contribution in [0, 0.1) is 0 Å². The fourth-order valence-corrected chi connectivity index (χ4v) is 2.23. The summed E-state index contributed by atoms with van der Waals surface area (Å²) < 4.78 is 2.14. The molecule has 5 heteroatoms.